The number of rotatable bonds is 4. The van der Waals surface area contributed by atoms with Gasteiger partial charge in [-0.1, -0.05) is 18.2 Å². The highest BCUT2D eigenvalue weighted by Crippen LogP contribution is 2.41. The van der Waals surface area contributed by atoms with Crippen molar-refractivity contribution in [2.45, 2.75) is 63.5 Å². The standard InChI is InChI=1S/C26H26N2O4/c29-19-4-3-7-24(30)23(13-11-19)28-15-17-14-18(10-12-21(17)26(28)32)27-25(31)22-6-2-1-5-20(22)16-8-9-16/h1-2,5-6,10,12,14,16,23H,3-4,7-9,11,13,15H2,(H,27,31). The average molecular weight is 431 g/mol. The van der Waals surface area contributed by atoms with Gasteiger partial charge in [0, 0.05) is 42.6 Å². The summed E-state index contributed by atoms with van der Waals surface area (Å²) in [6.07, 6.45) is 4.29. The number of hydrogen-bond acceptors (Lipinski definition) is 4. The van der Waals surface area contributed by atoms with Gasteiger partial charge < -0.3 is 10.2 Å². The summed E-state index contributed by atoms with van der Waals surface area (Å²) in [5.41, 5.74) is 3.77. The van der Waals surface area contributed by atoms with Crippen molar-refractivity contribution in [2.24, 2.45) is 0 Å². The van der Waals surface area contributed by atoms with Crippen LogP contribution in [0.2, 0.25) is 0 Å². The Morgan fingerprint density at radius 1 is 0.938 bits per heavy atom. The number of Topliss-reactive ketones (excluding diaryl/α,β-unsaturated/α-hetero) is 2. The van der Waals surface area contributed by atoms with Crippen LogP contribution in [0.5, 0.6) is 0 Å². The molecule has 0 spiro atoms. The third-order valence-electron chi connectivity index (χ3n) is 6.74. The van der Waals surface area contributed by atoms with E-state index in [0.29, 0.717) is 61.4 Å². The predicted molar refractivity (Wildman–Crippen MR) is 120 cm³/mol. The molecule has 2 aromatic carbocycles. The van der Waals surface area contributed by atoms with Crippen LogP contribution in [0.1, 0.15) is 82.7 Å². The number of fused-ring (bicyclic) bond motifs is 1. The minimum absolute atomic E-state index is 0.0314. The lowest BCUT2D eigenvalue weighted by atomic mass is 9.94. The zero-order valence-corrected chi connectivity index (χ0v) is 17.9. The van der Waals surface area contributed by atoms with Gasteiger partial charge in [0.2, 0.25) is 0 Å². The Labute approximate surface area is 187 Å². The zero-order valence-electron chi connectivity index (χ0n) is 17.9. The predicted octanol–water partition coefficient (Wildman–Crippen LogP) is 4.24. The fraction of sp³-hybridized carbons (Fsp3) is 0.385. The molecule has 2 aliphatic carbocycles. The lowest BCUT2D eigenvalue weighted by Gasteiger charge is -2.27. The van der Waals surface area contributed by atoms with Gasteiger partial charge in [-0.15, -0.1) is 0 Å². The molecular weight excluding hydrogens is 404 g/mol. The van der Waals surface area contributed by atoms with Crippen LogP contribution < -0.4 is 5.32 Å². The highest BCUT2D eigenvalue weighted by Gasteiger charge is 2.37. The first-order chi connectivity index (χ1) is 15.5. The molecule has 1 heterocycles. The Kier molecular flexibility index (Phi) is 5.37. The lowest BCUT2D eigenvalue weighted by molar-refractivity contribution is -0.126. The van der Waals surface area contributed by atoms with Crippen molar-refractivity contribution in [3.8, 4) is 0 Å². The third kappa shape index (κ3) is 3.97. The largest absolute Gasteiger partial charge is 0.324 e. The van der Waals surface area contributed by atoms with Gasteiger partial charge in [0.25, 0.3) is 11.8 Å². The van der Waals surface area contributed by atoms with Crippen molar-refractivity contribution in [3.63, 3.8) is 0 Å². The average Bonchev–Trinajstić information content (AvgIpc) is 3.58. The van der Waals surface area contributed by atoms with E-state index in [1.54, 1.807) is 17.0 Å². The molecule has 2 amide bonds. The summed E-state index contributed by atoms with van der Waals surface area (Å²) >= 11 is 0. The second-order valence-electron chi connectivity index (χ2n) is 9.03. The van der Waals surface area contributed by atoms with Gasteiger partial charge in [0.1, 0.15) is 5.78 Å². The van der Waals surface area contributed by atoms with Crippen LogP contribution in [0, 0.1) is 0 Å². The van der Waals surface area contributed by atoms with Gasteiger partial charge in [-0.05, 0) is 67.0 Å². The van der Waals surface area contributed by atoms with Crippen molar-refractivity contribution in [1.29, 1.82) is 0 Å². The Morgan fingerprint density at radius 2 is 1.75 bits per heavy atom. The Bertz CT molecular complexity index is 1120. The Morgan fingerprint density at radius 3 is 2.56 bits per heavy atom. The molecule has 1 N–H and O–H groups in total. The molecule has 0 radical (unpaired) electrons. The molecule has 1 aliphatic heterocycles. The van der Waals surface area contributed by atoms with E-state index in [1.807, 2.05) is 30.3 Å². The van der Waals surface area contributed by atoms with Gasteiger partial charge in [-0.3, -0.25) is 19.2 Å². The van der Waals surface area contributed by atoms with Crippen LogP contribution in [0.15, 0.2) is 42.5 Å². The molecule has 32 heavy (non-hydrogen) atoms. The number of carbonyl (C=O) groups is 4. The molecule has 0 saturated heterocycles. The maximum absolute atomic E-state index is 13.0. The van der Waals surface area contributed by atoms with E-state index < -0.39 is 6.04 Å². The second kappa shape index (κ2) is 8.34. The van der Waals surface area contributed by atoms with Gasteiger partial charge in [-0.2, -0.15) is 0 Å². The summed E-state index contributed by atoms with van der Waals surface area (Å²) in [6.45, 7) is 0.321. The zero-order chi connectivity index (χ0) is 22.2. The van der Waals surface area contributed by atoms with Gasteiger partial charge in [0.05, 0.1) is 6.04 Å². The molecule has 3 aliphatic rings. The van der Waals surface area contributed by atoms with E-state index in [2.05, 4.69) is 5.32 Å². The number of nitrogens with zero attached hydrogens (tertiary/aromatic N) is 1. The molecule has 1 unspecified atom stereocenters. The second-order valence-corrected chi connectivity index (χ2v) is 9.03. The monoisotopic (exact) mass is 430 g/mol. The number of hydrogen-bond donors (Lipinski definition) is 1. The normalized spacial score (nSPS) is 21.2. The van der Waals surface area contributed by atoms with Crippen molar-refractivity contribution >= 4 is 29.1 Å². The quantitative estimate of drug-likeness (QED) is 0.786. The van der Waals surface area contributed by atoms with Crippen LogP contribution in [0.4, 0.5) is 5.69 Å². The van der Waals surface area contributed by atoms with E-state index in [4.69, 9.17) is 0 Å². The van der Waals surface area contributed by atoms with E-state index in [9.17, 15) is 19.2 Å². The maximum atomic E-state index is 13.0. The van der Waals surface area contributed by atoms with E-state index >= 15 is 0 Å². The molecule has 5 rings (SSSR count). The number of carbonyl (C=O) groups excluding carboxylic acids is 4. The number of nitrogens with one attached hydrogen (secondary N) is 1. The highest BCUT2D eigenvalue weighted by molar-refractivity contribution is 6.06. The molecule has 2 aromatic rings. The van der Waals surface area contributed by atoms with Gasteiger partial charge in [0.15, 0.2) is 5.78 Å². The van der Waals surface area contributed by atoms with Crippen LogP contribution in [0.3, 0.4) is 0 Å². The molecule has 6 heteroatoms. The topological polar surface area (TPSA) is 83.6 Å². The third-order valence-corrected chi connectivity index (χ3v) is 6.74. The Balaban J connectivity index is 1.33. The molecule has 0 aromatic heterocycles. The Hall–Kier alpha value is -3.28. The van der Waals surface area contributed by atoms with Gasteiger partial charge in [-0.25, -0.2) is 0 Å². The number of ketones is 2. The van der Waals surface area contributed by atoms with Crippen molar-refractivity contribution in [1.82, 2.24) is 4.90 Å². The molecular formula is C26H26N2O4. The number of anilines is 1. The molecule has 2 saturated carbocycles. The first-order valence-corrected chi connectivity index (χ1v) is 11.4. The fourth-order valence-electron chi connectivity index (χ4n) is 4.86. The summed E-state index contributed by atoms with van der Waals surface area (Å²) < 4.78 is 0. The lowest BCUT2D eigenvalue weighted by Crippen LogP contribution is -2.42. The number of amides is 2. The molecule has 1 atom stereocenters. The summed E-state index contributed by atoms with van der Waals surface area (Å²) in [6, 6.07) is 12.4. The minimum Gasteiger partial charge on any atom is -0.324 e. The van der Waals surface area contributed by atoms with Crippen molar-refractivity contribution in [2.75, 3.05) is 5.32 Å². The molecule has 2 fully saturated rings. The maximum Gasteiger partial charge on any atom is 0.255 e. The van der Waals surface area contributed by atoms with Crippen LogP contribution in [-0.2, 0) is 16.1 Å². The summed E-state index contributed by atoms with van der Waals surface area (Å²) in [5.74, 6) is 0.328. The summed E-state index contributed by atoms with van der Waals surface area (Å²) in [7, 11) is 0. The van der Waals surface area contributed by atoms with Crippen LogP contribution in [-0.4, -0.2) is 34.3 Å². The molecule has 6 nitrogen and oxygen atoms in total. The van der Waals surface area contributed by atoms with Crippen molar-refractivity contribution < 1.29 is 19.2 Å². The fourth-order valence-corrected chi connectivity index (χ4v) is 4.86. The SMILES string of the molecule is O=C1CCCC(=O)C(N2Cc3cc(NC(=O)c4ccccc4C4CC4)ccc3C2=O)CC1. The highest BCUT2D eigenvalue weighted by atomic mass is 16.2. The molecule has 164 valence electrons. The summed E-state index contributed by atoms with van der Waals surface area (Å²) in [4.78, 5) is 52.1. The first-order valence-electron chi connectivity index (χ1n) is 11.4. The van der Waals surface area contributed by atoms with Gasteiger partial charge >= 0.3 is 0 Å². The molecule has 0 bridgehead atoms. The summed E-state index contributed by atoms with van der Waals surface area (Å²) in [5, 5.41) is 2.97. The smallest absolute Gasteiger partial charge is 0.255 e. The van der Waals surface area contributed by atoms with E-state index in [1.165, 1.54) is 0 Å². The minimum atomic E-state index is -0.553. The van der Waals surface area contributed by atoms with Crippen molar-refractivity contribution in [3.05, 3.63) is 64.7 Å². The first kappa shape index (κ1) is 20.6. The van der Waals surface area contributed by atoms with E-state index in [-0.39, 0.29) is 23.4 Å². The van der Waals surface area contributed by atoms with Crippen LogP contribution in [0.25, 0.3) is 0 Å². The number of benzene rings is 2. The van der Waals surface area contributed by atoms with E-state index in [0.717, 1.165) is 24.0 Å². The van der Waals surface area contributed by atoms with Crippen LogP contribution >= 0.6 is 0 Å².